The van der Waals surface area contributed by atoms with E-state index in [0.717, 1.165) is 25.1 Å². The number of pyridine rings is 1. The van der Waals surface area contributed by atoms with Crippen molar-refractivity contribution in [3.63, 3.8) is 0 Å². The predicted molar refractivity (Wildman–Crippen MR) is 68.6 cm³/mol. The number of aliphatic hydroxyl groups is 1. The number of aryl methyl sites for hydroxylation is 1. The van der Waals surface area contributed by atoms with Crippen LogP contribution in [0.4, 0.5) is 0 Å². The monoisotopic (exact) mass is 234 g/mol. The van der Waals surface area contributed by atoms with Crippen LogP contribution < -0.4 is 5.32 Å². The van der Waals surface area contributed by atoms with E-state index >= 15 is 0 Å². The van der Waals surface area contributed by atoms with Crippen molar-refractivity contribution in [3.8, 4) is 0 Å². The van der Waals surface area contributed by atoms with E-state index in [2.05, 4.69) is 29.4 Å². The Balaban J connectivity index is 1.92. The maximum Gasteiger partial charge on any atom is 0.0541 e. The molecule has 1 aliphatic carbocycles. The van der Waals surface area contributed by atoms with Crippen LogP contribution in [0, 0.1) is 12.3 Å². The lowest BCUT2D eigenvalue weighted by Gasteiger charge is -2.30. The van der Waals surface area contributed by atoms with Crippen LogP contribution >= 0.6 is 0 Å². The van der Waals surface area contributed by atoms with Crippen LogP contribution in [0.15, 0.2) is 18.3 Å². The van der Waals surface area contributed by atoms with E-state index in [9.17, 15) is 5.11 Å². The molecule has 1 aliphatic rings. The minimum Gasteiger partial charge on any atom is -0.396 e. The Morgan fingerprint density at radius 3 is 3.00 bits per heavy atom. The van der Waals surface area contributed by atoms with Gasteiger partial charge in [0.1, 0.15) is 0 Å². The molecule has 2 unspecified atom stereocenters. The molecule has 0 saturated heterocycles. The Morgan fingerprint density at radius 2 is 2.35 bits per heavy atom. The number of hydrogen-bond acceptors (Lipinski definition) is 3. The third-order valence-corrected chi connectivity index (χ3v) is 3.95. The molecule has 17 heavy (non-hydrogen) atoms. The van der Waals surface area contributed by atoms with Crippen molar-refractivity contribution in [1.29, 1.82) is 0 Å². The van der Waals surface area contributed by atoms with Crippen molar-refractivity contribution in [3.05, 3.63) is 29.6 Å². The highest BCUT2D eigenvalue weighted by Crippen LogP contribution is 2.37. The minimum absolute atomic E-state index is 0.0463. The smallest absolute Gasteiger partial charge is 0.0541 e. The third-order valence-electron chi connectivity index (χ3n) is 3.95. The summed E-state index contributed by atoms with van der Waals surface area (Å²) in [6, 6.07) is 4.56. The van der Waals surface area contributed by atoms with Crippen molar-refractivity contribution < 1.29 is 5.11 Å². The highest BCUT2D eigenvalue weighted by atomic mass is 16.3. The average molecular weight is 234 g/mol. The van der Waals surface area contributed by atoms with E-state index < -0.39 is 0 Å². The zero-order valence-electron chi connectivity index (χ0n) is 10.7. The lowest BCUT2D eigenvalue weighted by Crippen LogP contribution is -2.41. The lowest BCUT2D eigenvalue weighted by atomic mass is 9.86. The van der Waals surface area contributed by atoms with Crippen molar-refractivity contribution >= 4 is 0 Å². The molecule has 0 spiro atoms. The highest BCUT2D eigenvalue weighted by molar-refractivity contribution is 5.12. The Hall–Kier alpha value is -0.930. The number of hydrogen-bond donors (Lipinski definition) is 2. The fourth-order valence-electron chi connectivity index (χ4n) is 2.60. The first-order valence-corrected chi connectivity index (χ1v) is 6.40. The van der Waals surface area contributed by atoms with Gasteiger partial charge in [-0.2, -0.15) is 0 Å². The van der Waals surface area contributed by atoms with E-state index in [-0.39, 0.29) is 12.0 Å². The van der Waals surface area contributed by atoms with Crippen LogP contribution in [-0.4, -0.2) is 22.7 Å². The fraction of sp³-hybridized carbons (Fsp3) is 0.643. The van der Waals surface area contributed by atoms with Gasteiger partial charge in [-0.25, -0.2) is 0 Å². The normalized spacial score (nSPS) is 28.5. The number of aromatic nitrogens is 1. The van der Waals surface area contributed by atoms with Gasteiger partial charge in [0.2, 0.25) is 0 Å². The molecule has 1 fully saturated rings. The van der Waals surface area contributed by atoms with Crippen molar-refractivity contribution in [2.75, 3.05) is 6.61 Å². The summed E-state index contributed by atoms with van der Waals surface area (Å²) in [7, 11) is 0. The molecular formula is C14H22N2O. The topological polar surface area (TPSA) is 45.1 Å². The largest absolute Gasteiger partial charge is 0.396 e. The minimum atomic E-state index is 0.0463. The fourth-order valence-corrected chi connectivity index (χ4v) is 2.60. The van der Waals surface area contributed by atoms with Crippen molar-refractivity contribution in [1.82, 2.24) is 10.3 Å². The molecule has 3 heteroatoms. The van der Waals surface area contributed by atoms with Crippen molar-refractivity contribution in [2.45, 2.75) is 45.7 Å². The van der Waals surface area contributed by atoms with E-state index in [1.54, 1.807) is 0 Å². The molecule has 0 bridgehead atoms. The Kier molecular flexibility index (Phi) is 3.79. The first kappa shape index (κ1) is 12.5. The maximum absolute atomic E-state index is 9.47. The van der Waals surface area contributed by atoms with Crippen LogP contribution in [0.5, 0.6) is 0 Å². The second-order valence-corrected chi connectivity index (χ2v) is 5.46. The number of rotatable bonds is 4. The molecule has 1 aromatic heterocycles. The number of aliphatic hydroxyl groups excluding tert-OH is 1. The Labute approximate surface area is 103 Å². The molecular weight excluding hydrogens is 212 g/mol. The molecule has 0 aliphatic heterocycles. The second kappa shape index (κ2) is 5.15. The molecule has 1 saturated carbocycles. The van der Waals surface area contributed by atoms with Gasteiger partial charge in [-0.05, 0) is 31.4 Å². The van der Waals surface area contributed by atoms with Gasteiger partial charge in [0.25, 0.3) is 0 Å². The predicted octanol–water partition coefficient (Wildman–Crippen LogP) is 2.03. The summed E-state index contributed by atoms with van der Waals surface area (Å²) >= 11 is 0. The number of nitrogens with zero attached hydrogens (tertiary/aromatic N) is 1. The van der Waals surface area contributed by atoms with E-state index in [1.807, 2.05) is 13.1 Å². The molecule has 2 atom stereocenters. The van der Waals surface area contributed by atoms with Crippen LogP contribution in [-0.2, 0) is 6.54 Å². The van der Waals surface area contributed by atoms with E-state index in [1.165, 1.54) is 12.0 Å². The molecule has 1 aromatic rings. The summed E-state index contributed by atoms with van der Waals surface area (Å²) in [4.78, 5) is 4.39. The molecule has 94 valence electrons. The first-order chi connectivity index (χ1) is 8.14. The maximum atomic E-state index is 9.47. The summed E-state index contributed by atoms with van der Waals surface area (Å²) in [5, 5.41) is 13.0. The average Bonchev–Trinajstić information content (AvgIpc) is 2.71. The molecule has 2 rings (SSSR count). The van der Waals surface area contributed by atoms with Crippen LogP contribution in [0.1, 0.15) is 37.4 Å². The first-order valence-electron chi connectivity index (χ1n) is 6.40. The SMILES string of the molecule is Cc1ccc(CNC2CCCC2(C)CO)nc1. The lowest BCUT2D eigenvalue weighted by molar-refractivity contribution is 0.118. The van der Waals surface area contributed by atoms with Gasteiger partial charge in [-0.3, -0.25) is 4.98 Å². The summed E-state index contributed by atoms with van der Waals surface area (Å²) in [5.74, 6) is 0. The summed E-state index contributed by atoms with van der Waals surface area (Å²) in [5.41, 5.74) is 2.31. The van der Waals surface area contributed by atoms with Gasteiger partial charge in [-0.15, -0.1) is 0 Å². The standard InChI is InChI=1S/C14H22N2O/c1-11-5-6-12(15-8-11)9-16-13-4-3-7-14(13,2)10-17/h5-6,8,13,16-17H,3-4,7,9-10H2,1-2H3. The van der Waals surface area contributed by atoms with Gasteiger partial charge >= 0.3 is 0 Å². The van der Waals surface area contributed by atoms with Gasteiger partial charge in [0, 0.05) is 30.8 Å². The summed E-state index contributed by atoms with van der Waals surface area (Å²) in [6.07, 6.45) is 5.37. The summed E-state index contributed by atoms with van der Waals surface area (Å²) in [6.45, 7) is 5.27. The Bertz CT molecular complexity index is 363. The highest BCUT2D eigenvalue weighted by Gasteiger charge is 2.37. The molecule has 0 radical (unpaired) electrons. The van der Waals surface area contributed by atoms with Crippen LogP contribution in [0.25, 0.3) is 0 Å². The van der Waals surface area contributed by atoms with Crippen LogP contribution in [0.3, 0.4) is 0 Å². The molecule has 0 aromatic carbocycles. The zero-order valence-corrected chi connectivity index (χ0v) is 10.7. The second-order valence-electron chi connectivity index (χ2n) is 5.46. The van der Waals surface area contributed by atoms with Crippen LogP contribution in [0.2, 0.25) is 0 Å². The molecule has 2 N–H and O–H groups in total. The van der Waals surface area contributed by atoms with Gasteiger partial charge in [0.05, 0.1) is 5.69 Å². The number of nitrogens with one attached hydrogen (secondary N) is 1. The Morgan fingerprint density at radius 1 is 1.53 bits per heavy atom. The molecule has 0 amide bonds. The molecule has 3 nitrogen and oxygen atoms in total. The molecule has 1 heterocycles. The van der Waals surface area contributed by atoms with E-state index in [4.69, 9.17) is 0 Å². The quantitative estimate of drug-likeness (QED) is 0.838. The van der Waals surface area contributed by atoms with Crippen molar-refractivity contribution in [2.24, 2.45) is 5.41 Å². The van der Waals surface area contributed by atoms with E-state index in [0.29, 0.717) is 6.04 Å². The zero-order chi connectivity index (χ0) is 12.3. The van der Waals surface area contributed by atoms with Gasteiger partial charge in [-0.1, -0.05) is 19.4 Å². The van der Waals surface area contributed by atoms with Gasteiger partial charge in [0.15, 0.2) is 0 Å². The van der Waals surface area contributed by atoms with Gasteiger partial charge < -0.3 is 10.4 Å². The summed E-state index contributed by atoms with van der Waals surface area (Å²) < 4.78 is 0. The third kappa shape index (κ3) is 2.85.